The van der Waals surface area contributed by atoms with Gasteiger partial charge in [0.15, 0.2) is 0 Å². The van der Waals surface area contributed by atoms with Crippen LogP contribution in [0.2, 0.25) is 0 Å². The number of carbonyl (C=O) groups is 2. The van der Waals surface area contributed by atoms with Gasteiger partial charge in [-0.15, -0.1) is 0 Å². The van der Waals surface area contributed by atoms with E-state index in [9.17, 15) is 18.0 Å². The smallest absolute Gasteiger partial charge is 0.321 e. The van der Waals surface area contributed by atoms with E-state index in [0.29, 0.717) is 0 Å². The number of hydrogen-bond donors (Lipinski definition) is 2. The van der Waals surface area contributed by atoms with E-state index < -0.39 is 28.0 Å². The lowest BCUT2D eigenvalue weighted by Gasteiger charge is -2.14. The molecule has 1 unspecified atom stereocenters. The Kier molecular flexibility index (Phi) is 5.66. The van der Waals surface area contributed by atoms with Crippen LogP contribution in [0.4, 0.5) is 0 Å². The van der Waals surface area contributed by atoms with Crippen molar-refractivity contribution in [1.82, 2.24) is 4.72 Å². The molecule has 1 rings (SSSR count). The predicted molar refractivity (Wildman–Crippen MR) is 69.4 cm³/mol. The number of hydrogen-bond acceptors (Lipinski definition) is 5. The number of methoxy groups -OCH3 is 1. The SMILES string of the molecule is COC(=O)CCC(NS(=O)(=O)c1ccccc1)C(=O)O. The van der Waals surface area contributed by atoms with Gasteiger partial charge in [-0.3, -0.25) is 9.59 Å². The first-order valence-corrected chi connectivity index (χ1v) is 7.22. The first kappa shape index (κ1) is 16.1. The fraction of sp³-hybridized carbons (Fsp3) is 0.333. The van der Waals surface area contributed by atoms with Gasteiger partial charge in [0, 0.05) is 6.42 Å². The summed E-state index contributed by atoms with van der Waals surface area (Å²) in [5.74, 6) is -1.96. The Bertz CT molecular complexity index is 569. The first-order valence-electron chi connectivity index (χ1n) is 5.74. The summed E-state index contributed by atoms with van der Waals surface area (Å²) in [6, 6.07) is 6.00. The van der Waals surface area contributed by atoms with Crippen molar-refractivity contribution in [2.75, 3.05) is 7.11 Å². The Hall–Kier alpha value is -1.93. The van der Waals surface area contributed by atoms with Crippen molar-refractivity contribution < 1.29 is 27.9 Å². The Labute approximate surface area is 116 Å². The summed E-state index contributed by atoms with van der Waals surface area (Å²) in [5.41, 5.74) is 0. The average Bonchev–Trinajstić information content (AvgIpc) is 2.43. The molecule has 0 saturated carbocycles. The number of ether oxygens (including phenoxy) is 1. The van der Waals surface area contributed by atoms with E-state index >= 15 is 0 Å². The van der Waals surface area contributed by atoms with Crippen molar-refractivity contribution in [2.45, 2.75) is 23.8 Å². The molecule has 20 heavy (non-hydrogen) atoms. The van der Waals surface area contributed by atoms with Gasteiger partial charge in [0.1, 0.15) is 6.04 Å². The zero-order valence-electron chi connectivity index (χ0n) is 10.8. The van der Waals surface area contributed by atoms with Crippen LogP contribution in [0.1, 0.15) is 12.8 Å². The van der Waals surface area contributed by atoms with Gasteiger partial charge in [-0.1, -0.05) is 18.2 Å². The number of rotatable bonds is 7. The second-order valence-electron chi connectivity index (χ2n) is 3.94. The third-order valence-corrected chi connectivity index (χ3v) is 4.00. The molecule has 0 fully saturated rings. The quantitative estimate of drug-likeness (QED) is 0.704. The number of carboxylic acids is 1. The van der Waals surface area contributed by atoms with Crippen LogP contribution >= 0.6 is 0 Å². The molecule has 110 valence electrons. The van der Waals surface area contributed by atoms with Crippen molar-refractivity contribution >= 4 is 22.0 Å². The topological polar surface area (TPSA) is 110 Å². The lowest BCUT2D eigenvalue weighted by atomic mass is 10.2. The van der Waals surface area contributed by atoms with Crippen LogP contribution in [0, 0.1) is 0 Å². The maximum Gasteiger partial charge on any atom is 0.321 e. The molecule has 8 heteroatoms. The summed E-state index contributed by atoms with van der Waals surface area (Å²) in [6.45, 7) is 0. The van der Waals surface area contributed by atoms with Crippen LogP contribution in [-0.4, -0.2) is 38.6 Å². The molecule has 0 heterocycles. The van der Waals surface area contributed by atoms with Crippen molar-refractivity contribution in [3.8, 4) is 0 Å². The number of carboxylic acid groups (broad SMARTS) is 1. The Morgan fingerprint density at radius 1 is 1.30 bits per heavy atom. The van der Waals surface area contributed by atoms with Gasteiger partial charge in [0.25, 0.3) is 0 Å². The third kappa shape index (κ3) is 4.63. The van der Waals surface area contributed by atoms with Gasteiger partial charge in [0.2, 0.25) is 10.0 Å². The summed E-state index contributed by atoms with van der Waals surface area (Å²) in [4.78, 5) is 22.0. The van der Waals surface area contributed by atoms with Crippen LogP contribution in [0.5, 0.6) is 0 Å². The molecule has 0 aromatic heterocycles. The van der Waals surface area contributed by atoms with Gasteiger partial charge in [-0.2, -0.15) is 4.72 Å². The predicted octanol–water partition coefficient (Wildman–Crippen LogP) is 0.371. The fourth-order valence-electron chi connectivity index (χ4n) is 1.45. The highest BCUT2D eigenvalue weighted by Crippen LogP contribution is 2.10. The third-order valence-electron chi connectivity index (χ3n) is 2.51. The van der Waals surface area contributed by atoms with Crippen LogP contribution in [0.3, 0.4) is 0 Å². The molecule has 1 atom stereocenters. The van der Waals surface area contributed by atoms with E-state index in [1.165, 1.54) is 31.4 Å². The van der Waals surface area contributed by atoms with Gasteiger partial charge >= 0.3 is 11.9 Å². The average molecular weight is 301 g/mol. The second-order valence-corrected chi connectivity index (χ2v) is 5.65. The Morgan fingerprint density at radius 3 is 2.40 bits per heavy atom. The van der Waals surface area contributed by atoms with E-state index in [-0.39, 0.29) is 17.7 Å². The maximum atomic E-state index is 12.0. The standard InChI is InChI=1S/C12H15NO6S/c1-19-11(14)8-7-10(12(15)16)13-20(17,18)9-5-3-2-4-6-9/h2-6,10,13H,7-8H2,1H3,(H,15,16). The second kappa shape index (κ2) is 7.01. The number of nitrogens with one attached hydrogen (secondary N) is 1. The molecule has 0 radical (unpaired) electrons. The summed E-state index contributed by atoms with van der Waals surface area (Å²) in [7, 11) is -2.77. The molecule has 1 aromatic carbocycles. The largest absolute Gasteiger partial charge is 0.480 e. The molecule has 0 bridgehead atoms. The van der Waals surface area contributed by atoms with E-state index in [0.717, 1.165) is 0 Å². The van der Waals surface area contributed by atoms with Crippen molar-refractivity contribution in [1.29, 1.82) is 0 Å². The van der Waals surface area contributed by atoms with Crippen molar-refractivity contribution in [3.05, 3.63) is 30.3 Å². The molecular formula is C12H15NO6S. The number of sulfonamides is 1. The highest BCUT2D eigenvalue weighted by atomic mass is 32.2. The highest BCUT2D eigenvalue weighted by Gasteiger charge is 2.25. The van der Waals surface area contributed by atoms with E-state index in [1.807, 2.05) is 0 Å². The number of esters is 1. The summed E-state index contributed by atoms with van der Waals surface area (Å²) in [5, 5.41) is 8.99. The van der Waals surface area contributed by atoms with E-state index in [1.54, 1.807) is 6.07 Å². The molecule has 0 spiro atoms. The lowest BCUT2D eigenvalue weighted by molar-refractivity contribution is -0.142. The lowest BCUT2D eigenvalue weighted by Crippen LogP contribution is -2.41. The molecule has 1 aromatic rings. The Balaban J connectivity index is 2.80. The maximum absolute atomic E-state index is 12.0. The number of benzene rings is 1. The van der Waals surface area contributed by atoms with Crippen LogP contribution in [0.15, 0.2) is 35.2 Å². The van der Waals surface area contributed by atoms with Crippen molar-refractivity contribution in [2.24, 2.45) is 0 Å². The summed E-state index contributed by atoms with van der Waals surface area (Å²) in [6.07, 6.45) is -0.376. The van der Waals surface area contributed by atoms with Crippen LogP contribution in [-0.2, 0) is 24.3 Å². The van der Waals surface area contributed by atoms with Gasteiger partial charge in [-0.25, -0.2) is 8.42 Å². The van der Waals surface area contributed by atoms with Gasteiger partial charge in [0.05, 0.1) is 12.0 Å². The molecule has 0 aliphatic heterocycles. The van der Waals surface area contributed by atoms with Gasteiger partial charge in [-0.05, 0) is 18.6 Å². The molecule has 2 N–H and O–H groups in total. The number of carbonyl (C=O) groups excluding carboxylic acids is 1. The zero-order chi connectivity index (χ0) is 15.2. The molecular weight excluding hydrogens is 286 g/mol. The highest BCUT2D eigenvalue weighted by molar-refractivity contribution is 7.89. The van der Waals surface area contributed by atoms with Crippen molar-refractivity contribution in [3.63, 3.8) is 0 Å². The minimum atomic E-state index is -3.94. The molecule has 0 aliphatic carbocycles. The molecule has 7 nitrogen and oxygen atoms in total. The summed E-state index contributed by atoms with van der Waals surface area (Å²) < 4.78 is 30.4. The summed E-state index contributed by atoms with van der Waals surface area (Å²) >= 11 is 0. The van der Waals surface area contributed by atoms with Gasteiger partial charge < -0.3 is 9.84 Å². The zero-order valence-corrected chi connectivity index (χ0v) is 11.6. The van der Waals surface area contributed by atoms with E-state index in [4.69, 9.17) is 5.11 Å². The monoisotopic (exact) mass is 301 g/mol. The van der Waals surface area contributed by atoms with Crippen LogP contribution in [0.25, 0.3) is 0 Å². The Morgan fingerprint density at radius 2 is 1.90 bits per heavy atom. The number of aliphatic carboxylic acids is 1. The molecule has 0 saturated heterocycles. The van der Waals surface area contributed by atoms with Crippen LogP contribution < -0.4 is 4.72 Å². The first-order chi connectivity index (χ1) is 9.36. The van der Waals surface area contributed by atoms with E-state index in [2.05, 4.69) is 9.46 Å². The minimum absolute atomic E-state index is 0.0377. The minimum Gasteiger partial charge on any atom is -0.480 e. The normalized spacial score (nSPS) is 12.7. The molecule has 0 aliphatic rings. The molecule has 0 amide bonds. The fourth-order valence-corrected chi connectivity index (χ4v) is 2.70.